The molecule has 0 aliphatic carbocycles. The number of aromatic nitrogens is 3. The van der Waals surface area contributed by atoms with Crippen LogP contribution in [-0.2, 0) is 6.54 Å². The molecule has 5 nitrogen and oxygen atoms in total. The van der Waals surface area contributed by atoms with Gasteiger partial charge in [-0.25, -0.2) is 4.98 Å². The second-order valence-electron chi connectivity index (χ2n) is 2.54. The lowest BCUT2D eigenvalue weighted by molar-refractivity contribution is 0.530. The number of rotatable bonds is 3. The van der Waals surface area contributed by atoms with Crippen molar-refractivity contribution in [1.29, 1.82) is 0 Å². The number of halogens is 1. The number of hydrogen-bond donors (Lipinski definition) is 1. The highest BCUT2D eigenvalue weighted by atomic mass is 79.9. The van der Waals surface area contributed by atoms with Gasteiger partial charge in [-0.15, -0.1) is 16.4 Å². The number of thiazole rings is 1. The Kier molecular flexibility index (Phi) is 2.78. The molecule has 1 N–H and O–H groups in total. The zero-order chi connectivity index (χ0) is 9.97. The molecule has 14 heavy (non-hydrogen) atoms. The van der Waals surface area contributed by atoms with E-state index in [4.69, 9.17) is 4.42 Å². The molecule has 0 bridgehead atoms. The predicted octanol–water partition coefficient (Wildman–Crippen LogP) is 2.21. The Balaban J connectivity index is 1.94. The van der Waals surface area contributed by atoms with Crippen LogP contribution in [0.15, 0.2) is 14.4 Å². The maximum absolute atomic E-state index is 5.14. The third-order valence-corrected chi connectivity index (χ3v) is 2.92. The topological polar surface area (TPSA) is 63.8 Å². The van der Waals surface area contributed by atoms with Gasteiger partial charge in [-0.05, 0) is 15.9 Å². The lowest BCUT2D eigenvalue weighted by Crippen LogP contribution is -1.98. The number of nitrogens with one attached hydrogen (secondary N) is 1. The molecule has 0 aliphatic heterocycles. The van der Waals surface area contributed by atoms with Crippen molar-refractivity contribution >= 4 is 33.3 Å². The van der Waals surface area contributed by atoms with Gasteiger partial charge >= 0.3 is 6.01 Å². The molecule has 2 aromatic rings. The molecule has 0 aromatic carbocycles. The fourth-order valence-corrected chi connectivity index (χ4v) is 2.13. The molecule has 0 saturated heterocycles. The molecular weight excluding hydrogens is 268 g/mol. The van der Waals surface area contributed by atoms with Crippen LogP contribution in [0.25, 0.3) is 0 Å². The van der Waals surface area contributed by atoms with Gasteiger partial charge in [0.25, 0.3) is 0 Å². The summed E-state index contributed by atoms with van der Waals surface area (Å²) in [5, 5.41) is 11.5. The number of anilines is 1. The van der Waals surface area contributed by atoms with Crippen molar-refractivity contribution in [3.05, 3.63) is 20.9 Å². The molecule has 0 saturated carbocycles. The molecule has 0 aliphatic rings. The van der Waals surface area contributed by atoms with E-state index < -0.39 is 0 Å². The molecular formula is C7H7BrN4OS. The van der Waals surface area contributed by atoms with Gasteiger partial charge in [0.15, 0.2) is 0 Å². The van der Waals surface area contributed by atoms with Crippen LogP contribution in [-0.4, -0.2) is 15.2 Å². The molecule has 2 rings (SSSR count). The van der Waals surface area contributed by atoms with Crippen LogP contribution < -0.4 is 5.32 Å². The molecule has 0 amide bonds. The minimum atomic E-state index is 0.425. The van der Waals surface area contributed by atoms with Gasteiger partial charge in [0.2, 0.25) is 5.89 Å². The second kappa shape index (κ2) is 4.05. The zero-order valence-electron chi connectivity index (χ0n) is 7.32. The maximum Gasteiger partial charge on any atom is 0.315 e. The van der Waals surface area contributed by atoms with Gasteiger partial charge in [0.1, 0.15) is 5.01 Å². The molecule has 0 fully saturated rings. The molecule has 0 unspecified atom stereocenters. The van der Waals surface area contributed by atoms with E-state index in [1.165, 1.54) is 0 Å². The number of nitrogens with zero attached hydrogens (tertiary/aromatic N) is 3. The highest BCUT2D eigenvalue weighted by Gasteiger charge is 2.03. The van der Waals surface area contributed by atoms with E-state index in [0.29, 0.717) is 18.5 Å². The molecule has 0 spiro atoms. The molecule has 74 valence electrons. The van der Waals surface area contributed by atoms with E-state index in [9.17, 15) is 0 Å². The summed E-state index contributed by atoms with van der Waals surface area (Å²) in [6.07, 6.45) is 1.76. The van der Waals surface area contributed by atoms with Crippen LogP contribution in [0.5, 0.6) is 0 Å². The molecule has 0 atom stereocenters. The van der Waals surface area contributed by atoms with Gasteiger partial charge in [0, 0.05) is 6.92 Å². The van der Waals surface area contributed by atoms with Crippen LogP contribution in [0.1, 0.15) is 10.9 Å². The monoisotopic (exact) mass is 274 g/mol. The van der Waals surface area contributed by atoms with Crippen molar-refractivity contribution in [1.82, 2.24) is 15.2 Å². The lowest BCUT2D eigenvalue weighted by Gasteiger charge is -1.95. The van der Waals surface area contributed by atoms with Crippen molar-refractivity contribution in [3.63, 3.8) is 0 Å². The van der Waals surface area contributed by atoms with Crippen LogP contribution in [0.3, 0.4) is 0 Å². The van der Waals surface area contributed by atoms with Gasteiger partial charge in [-0.3, -0.25) is 0 Å². The van der Waals surface area contributed by atoms with Gasteiger partial charge in [-0.1, -0.05) is 5.10 Å². The van der Waals surface area contributed by atoms with Gasteiger partial charge < -0.3 is 9.73 Å². The Labute approximate surface area is 92.7 Å². The summed E-state index contributed by atoms with van der Waals surface area (Å²) < 4.78 is 6.15. The number of aryl methyl sites for hydroxylation is 1. The molecule has 2 aromatic heterocycles. The average Bonchev–Trinajstić information content (AvgIpc) is 2.72. The molecule has 2 heterocycles. The van der Waals surface area contributed by atoms with Crippen LogP contribution >= 0.6 is 27.3 Å². The maximum atomic E-state index is 5.14. The van der Waals surface area contributed by atoms with Crippen LogP contribution in [0.4, 0.5) is 6.01 Å². The Morgan fingerprint density at radius 1 is 1.57 bits per heavy atom. The first-order valence-corrected chi connectivity index (χ1v) is 5.49. The summed E-state index contributed by atoms with van der Waals surface area (Å²) >= 11 is 4.91. The van der Waals surface area contributed by atoms with Crippen LogP contribution in [0, 0.1) is 6.92 Å². The predicted molar refractivity (Wildman–Crippen MR) is 56.2 cm³/mol. The zero-order valence-corrected chi connectivity index (χ0v) is 9.72. The smallest absolute Gasteiger partial charge is 0.315 e. The van der Waals surface area contributed by atoms with E-state index in [1.807, 2.05) is 0 Å². The van der Waals surface area contributed by atoms with Crippen molar-refractivity contribution in [2.45, 2.75) is 13.5 Å². The van der Waals surface area contributed by atoms with Gasteiger partial charge in [-0.2, -0.15) is 0 Å². The Morgan fingerprint density at radius 3 is 3.00 bits per heavy atom. The second-order valence-corrected chi connectivity index (χ2v) is 5.03. The summed E-state index contributed by atoms with van der Waals surface area (Å²) in [7, 11) is 0. The van der Waals surface area contributed by atoms with Crippen LogP contribution in [0.2, 0.25) is 0 Å². The average molecular weight is 275 g/mol. The van der Waals surface area contributed by atoms with Crippen molar-refractivity contribution in [2.24, 2.45) is 0 Å². The largest absolute Gasteiger partial charge is 0.408 e. The third kappa shape index (κ3) is 2.30. The molecule has 0 radical (unpaired) electrons. The fraction of sp³-hybridized carbons (Fsp3) is 0.286. The SMILES string of the molecule is Cc1nnc(NCc2ncc(Br)s2)o1. The van der Waals surface area contributed by atoms with Crippen molar-refractivity contribution in [2.75, 3.05) is 5.32 Å². The summed E-state index contributed by atoms with van der Waals surface area (Å²) in [4.78, 5) is 4.16. The van der Waals surface area contributed by atoms with Gasteiger partial charge in [0.05, 0.1) is 16.5 Å². The summed E-state index contributed by atoms with van der Waals surface area (Å²) in [5.74, 6) is 0.549. The standard InChI is InChI=1S/C7H7BrN4OS/c1-4-11-12-7(13-4)10-3-6-9-2-5(8)14-6/h2H,3H2,1H3,(H,10,12). The van der Waals surface area contributed by atoms with Crippen molar-refractivity contribution < 1.29 is 4.42 Å². The number of hydrogen-bond acceptors (Lipinski definition) is 6. The quantitative estimate of drug-likeness (QED) is 0.930. The minimum Gasteiger partial charge on any atom is -0.408 e. The van der Waals surface area contributed by atoms with E-state index in [-0.39, 0.29) is 0 Å². The van der Waals surface area contributed by atoms with E-state index in [2.05, 4.69) is 36.4 Å². The third-order valence-electron chi connectivity index (χ3n) is 1.44. The Hall–Kier alpha value is -0.950. The summed E-state index contributed by atoms with van der Waals surface area (Å²) in [5.41, 5.74) is 0. The highest BCUT2D eigenvalue weighted by molar-refractivity contribution is 9.11. The van der Waals surface area contributed by atoms with E-state index >= 15 is 0 Å². The van der Waals surface area contributed by atoms with E-state index in [1.54, 1.807) is 24.5 Å². The molecule has 7 heteroatoms. The first-order valence-electron chi connectivity index (χ1n) is 3.88. The first-order chi connectivity index (χ1) is 6.74. The minimum absolute atomic E-state index is 0.425. The fourth-order valence-electron chi connectivity index (χ4n) is 0.889. The lowest BCUT2D eigenvalue weighted by atomic mass is 10.7. The summed E-state index contributed by atoms with van der Waals surface area (Å²) in [6.45, 7) is 2.34. The Bertz CT molecular complexity index is 387. The normalized spacial score (nSPS) is 10.4. The first kappa shape index (κ1) is 9.60. The highest BCUT2D eigenvalue weighted by Crippen LogP contribution is 2.19. The summed E-state index contributed by atoms with van der Waals surface area (Å²) in [6, 6.07) is 0.425. The van der Waals surface area contributed by atoms with E-state index in [0.717, 1.165) is 8.79 Å². The Morgan fingerprint density at radius 2 is 2.43 bits per heavy atom. The van der Waals surface area contributed by atoms with Crippen molar-refractivity contribution in [3.8, 4) is 0 Å².